The molecule has 0 aliphatic carbocycles. The molecule has 0 amide bonds. The quantitative estimate of drug-likeness (QED) is 0.106. The van der Waals surface area contributed by atoms with E-state index >= 15 is 0 Å². The number of benzene rings is 4. The summed E-state index contributed by atoms with van der Waals surface area (Å²) < 4.78 is 0. The van der Waals surface area contributed by atoms with Crippen molar-refractivity contribution in [3.63, 3.8) is 0 Å². The molecule has 0 unspecified atom stereocenters. The first-order chi connectivity index (χ1) is 24.8. The van der Waals surface area contributed by atoms with Crippen LogP contribution in [0, 0.1) is 0 Å². The van der Waals surface area contributed by atoms with Gasteiger partial charge in [-0.05, 0) is 69.9 Å². The molecule has 52 heavy (non-hydrogen) atoms. The second-order valence-electron chi connectivity index (χ2n) is 15.0. The third kappa shape index (κ3) is 11.9. The van der Waals surface area contributed by atoms with Gasteiger partial charge in [0, 0.05) is 9.52 Å². The van der Waals surface area contributed by atoms with E-state index < -0.39 is 20.8 Å². The molecule has 0 bridgehead atoms. The molecule has 274 valence electrons. The number of rotatable bonds is 8. The number of halogens is 2. The molecule has 0 saturated carbocycles. The van der Waals surface area contributed by atoms with Crippen molar-refractivity contribution in [3.8, 4) is 22.3 Å². The van der Waals surface area contributed by atoms with Gasteiger partial charge < -0.3 is 0 Å². The van der Waals surface area contributed by atoms with Crippen molar-refractivity contribution in [2.75, 3.05) is 0 Å². The Bertz CT molecular complexity index is 1780. The Morgan fingerprint density at radius 1 is 0.519 bits per heavy atom. The molecule has 0 aromatic heterocycles. The Labute approximate surface area is 338 Å². The summed E-state index contributed by atoms with van der Waals surface area (Å²) >= 11 is -0.826. The molecule has 6 aromatic carbocycles. The van der Waals surface area contributed by atoms with Crippen LogP contribution >= 0.6 is 17.0 Å². The summed E-state index contributed by atoms with van der Waals surface area (Å²) in [6.45, 7) is 27.0. The Morgan fingerprint density at radius 3 is 1.06 bits per heavy atom. The van der Waals surface area contributed by atoms with Crippen molar-refractivity contribution >= 4 is 48.1 Å². The molecular weight excluding hydrogens is 767 g/mol. The first-order valence-electron chi connectivity index (χ1n) is 19.0. The minimum absolute atomic E-state index is 0.553. The molecular formula is C48H60Cl2SiZr. The molecule has 2 radical (unpaired) electrons. The van der Waals surface area contributed by atoms with Gasteiger partial charge in [-0.1, -0.05) is 142 Å². The molecule has 0 heterocycles. The van der Waals surface area contributed by atoms with Gasteiger partial charge in [0.25, 0.3) is 0 Å². The number of fused-ring (bicyclic) bond motifs is 2. The van der Waals surface area contributed by atoms with Crippen LogP contribution in [0.3, 0.4) is 0 Å². The molecule has 0 N–H and O–H groups in total. The predicted molar refractivity (Wildman–Crippen MR) is 234 cm³/mol. The van der Waals surface area contributed by atoms with Gasteiger partial charge in [0.15, 0.2) is 0 Å². The second kappa shape index (κ2) is 21.6. The van der Waals surface area contributed by atoms with Crippen LogP contribution in [0.2, 0.25) is 13.1 Å². The molecule has 0 nitrogen and oxygen atoms in total. The van der Waals surface area contributed by atoms with E-state index in [1.165, 1.54) is 77.2 Å². The Kier molecular flexibility index (Phi) is 18.4. The fourth-order valence-electron chi connectivity index (χ4n) is 6.50. The van der Waals surface area contributed by atoms with E-state index in [9.17, 15) is 0 Å². The first kappa shape index (κ1) is 44.2. The Hall–Kier alpha value is -2.22. The van der Waals surface area contributed by atoms with Crippen molar-refractivity contribution in [1.82, 2.24) is 0 Å². The maximum absolute atomic E-state index is 4.93. The molecule has 0 saturated heterocycles. The molecule has 0 aliphatic rings. The summed E-state index contributed by atoms with van der Waals surface area (Å²) in [4.78, 5) is 0. The average molecular weight is 827 g/mol. The van der Waals surface area contributed by atoms with Crippen LogP contribution in [0.1, 0.15) is 126 Å². The molecule has 6 rings (SSSR count). The summed E-state index contributed by atoms with van der Waals surface area (Å²) in [5.41, 5.74) is 14.1. The van der Waals surface area contributed by atoms with Gasteiger partial charge >= 0.3 is 37.9 Å². The van der Waals surface area contributed by atoms with Crippen LogP contribution < -0.4 is 0 Å². The monoisotopic (exact) mass is 824 g/mol. The van der Waals surface area contributed by atoms with Crippen molar-refractivity contribution in [2.24, 2.45) is 0 Å². The van der Waals surface area contributed by atoms with E-state index in [0.29, 0.717) is 23.7 Å². The fraction of sp³-hybridized carbons (Fsp3) is 0.375. The van der Waals surface area contributed by atoms with Gasteiger partial charge in [-0.3, -0.25) is 0 Å². The van der Waals surface area contributed by atoms with Gasteiger partial charge in [-0.15, -0.1) is 69.1 Å². The van der Waals surface area contributed by atoms with E-state index in [1.807, 2.05) is 0 Å². The average Bonchev–Trinajstić information content (AvgIpc) is 3.76. The van der Waals surface area contributed by atoms with Crippen LogP contribution in [0.4, 0.5) is 0 Å². The molecule has 0 spiro atoms. The number of aryl methyl sites for hydroxylation is 2. The van der Waals surface area contributed by atoms with Crippen molar-refractivity contribution in [3.05, 3.63) is 130 Å². The van der Waals surface area contributed by atoms with Gasteiger partial charge in [0.1, 0.15) is 0 Å². The molecule has 0 fully saturated rings. The summed E-state index contributed by atoms with van der Waals surface area (Å²) in [6.07, 6.45) is 2.19. The summed E-state index contributed by atoms with van der Waals surface area (Å²) in [5.74, 6) is 2.21. The second-order valence-corrected chi connectivity index (χ2v) is 19.7. The standard InChI is InChI=1S/2C23H27.C2H6Si.2ClH.Zr/c2*1-6-17-10-18-8-7-9-22(23(18)11-17)21-13-19(15(2)3)12-20(14-21)16(4)5;1-3-2;;;/h2*7-16H,6H2,1-5H3;1-2H3;2*1H;/q2*-1;;;;+4/p-2. The van der Waals surface area contributed by atoms with E-state index in [2.05, 4.69) is 179 Å². The van der Waals surface area contributed by atoms with Gasteiger partial charge in [-0.2, -0.15) is 12.1 Å². The summed E-state index contributed by atoms with van der Waals surface area (Å²) in [6, 6.07) is 37.0. The zero-order valence-corrected chi connectivity index (χ0v) is 38.7. The maximum atomic E-state index is 4.93. The first-order valence-corrected chi connectivity index (χ1v) is 27.4. The summed E-state index contributed by atoms with van der Waals surface area (Å²) in [5, 5.41) is 5.50. The zero-order chi connectivity index (χ0) is 38.5. The molecule has 0 atom stereocenters. The summed E-state index contributed by atoms with van der Waals surface area (Å²) in [7, 11) is 11.0. The van der Waals surface area contributed by atoms with E-state index in [-0.39, 0.29) is 0 Å². The van der Waals surface area contributed by atoms with E-state index in [4.69, 9.17) is 17.0 Å². The topological polar surface area (TPSA) is 0 Å². The molecule has 0 aliphatic heterocycles. The van der Waals surface area contributed by atoms with Crippen molar-refractivity contribution in [1.29, 1.82) is 0 Å². The Morgan fingerprint density at radius 2 is 0.808 bits per heavy atom. The van der Waals surface area contributed by atoms with Crippen LogP contribution in [0.5, 0.6) is 0 Å². The van der Waals surface area contributed by atoms with Gasteiger partial charge in [-0.25, -0.2) is 0 Å². The fourth-order valence-corrected chi connectivity index (χ4v) is 6.50. The van der Waals surface area contributed by atoms with Crippen LogP contribution in [-0.2, 0) is 33.7 Å². The van der Waals surface area contributed by atoms with E-state index in [1.54, 1.807) is 0 Å². The molecule has 4 heteroatoms. The van der Waals surface area contributed by atoms with Gasteiger partial charge in [0.2, 0.25) is 0 Å². The number of hydrogen-bond donors (Lipinski definition) is 0. The normalized spacial score (nSPS) is 11.0. The van der Waals surface area contributed by atoms with Crippen LogP contribution in [0.25, 0.3) is 43.8 Å². The van der Waals surface area contributed by atoms with Crippen LogP contribution in [-0.4, -0.2) is 9.52 Å². The van der Waals surface area contributed by atoms with E-state index in [0.717, 1.165) is 22.4 Å². The third-order valence-electron chi connectivity index (χ3n) is 9.68. The molecule has 6 aromatic rings. The van der Waals surface area contributed by atoms with Crippen molar-refractivity contribution < 1.29 is 20.8 Å². The minimum atomic E-state index is -0.826. The van der Waals surface area contributed by atoms with Crippen LogP contribution in [0.15, 0.2) is 97.1 Å². The number of hydrogen-bond acceptors (Lipinski definition) is 0. The Balaban J connectivity index is 0.000000244. The SMILES string of the molecule is CCc1cc2c(-c3cc(C(C)C)cc(C(C)C)c3)cccc2[cH-]1.CCc1cc2c(-c3cc(C(C)C)cc(C(C)C)c3)cccc2[cH-]1.C[Si]C.[Cl][Zr+2][Cl]. The third-order valence-corrected chi connectivity index (χ3v) is 9.68. The van der Waals surface area contributed by atoms with Gasteiger partial charge in [0.05, 0.1) is 0 Å². The van der Waals surface area contributed by atoms with Crippen molar-refractivity contribution in [2.45, 2.75) is 119 Å². The zero-order valence-electron chi connectivity index (χ0n) is 33.7. The predicted octanol–water partition coefficient (Wildman–Crippen LogP) is 16.2.